The fourth-order valence-corrected chi connectivity index (χ4v) is 3.10. The van der Waals surface area contributed by atoms with Crippen LogP contribution in [-0.2, 0) is 13.1 Å². The van der Waals surface area contributed by atoms with Crippen molar-refractivity contribution in [2.45, 2.75) is 39.8 Å². The number of aromatic nitrogens is 2. The van der Waals surface area contributed by atoms with E-state index in [2.05, 4.69) is 17.2 Å². The van der Waals surface area contributed by atoms with E-state index in [-0.39, 0.29) is 5.91 Å². The van der Waals surface area contributed by atoms with Crippen LogP contribution in [0, 0.1) is 0 Å². The molecule has 0 unspecified atom stereocenters. The quantitative estimate of drug-likeness (QED) is 0.453. The average molecular weight is 395 g/mol. The second kappa shape index (κ2) is 9.23. The van der Waals surface area contributed by atoms with Gasteiger partial charge in [0.1, 0.15) is 5.75 Å². The van der Waals surface area contributed by atoms with E-state index in [9.17, 15) is 14.4 Å². The van der Waals surface area contributed by atoms with Crippen LogP contribution in [-0.4, -0.2) is 22.1 Å². The highest BCUT2D eigenvalue weighted by molar-refractivity contribution is 5.97. The van der Waals surface area contributed by atoms with Crippen molar-refractivity contribution in [3.05, 3.63) is 74.3 Å². The van der Waals surface area contributed by atoms with Crippen LogP contribution >= 0.6 is 0 Å². The van der Waals surface area contributed by atoms with Gasteiger partial charge in [0.15, 0.2) is 0 Å². The van der Waals surface area contributed by atoms with Crippen LogP contribution in [0.3, 0.4) is 0 Å². The molecule has 1 aromatic heterocycles. The summed E-state index contributed by atoms with van der Waals surface area (Å²) in [5.74, 6) is 0.519. The summed E-state index contributed by atoms with van der Waals surface area (Å²) in [4.78, 5) is 38.9. The molecule has 2 N–H and O–H groups in total. The average Bonchev–Trinajstić information content (AvgIpc) is 2.73. The highest BCUT2D eigenvalue weighted by Crippen LogP contribution is 2.15. The normalized spacial score (nSPS) is 10.8. The lowest BCUT2D eigenvalue weighted by Crippen LogP contribution is -2.36. The lowest BCUT2D eigenvalue weighted by atomic mass is 10.1. The van der Waals surface area contributed by atoms with Crippen molar-refractivity contribution in [2.24, 2.45) is 0 Å². The van der Waals surface area contributed by atoms with Crippen LogP contribution in [0.4, 0.5) is 0 Å². The lowest BCUT2D eigenvalue weighted by Gasteiger charge is -2.10. The van der Waals surface area contributed by atoms with E-state index in [4.69, 9.17) is 4.74 Å². The monoisotopic (exact) mass is 395 g/mol. The van der Waals surface area contributed by atoms with Crippen LogP contribution in [0.2, 0.25) is 0 Å². The number of nitrogens with zero attached hydrogens (tertiary/aromatic N) is 1. The standard InChI is InChI=1S/C22H25N3O4/c1-3-5-11-29-17-8-6-7-15(12-17)14-23-20(26)16-9-10-19-18(13-16)24-21(27)22(28)25(19)4-2/h6-10,12-13H,3-5,11,14H2,1-2H3,(H,23,26)(H,24,27). The summed E-state index contributed by atoms with van der Waals surface area (Å²) < 4.78 is 7.08. The molecule has 0 radical (unpaired) electrons. The smallest absolute Gasteiger partial charge is 0.316 e. The van der Waals surface area contributed by atoms with Gasteiger partial charge >= 0.3 is 11.1 Å². The number of unbranched alkanes of at least 4 members (excludes halogenated alkanes) is 1. The predicted octanol–water partition coefficient (Wildman–Crippen LogP) is 2.82. The molecule has 1 amide bonds. The largest absolute Gasteiger partial charge is 0.494 e. The molecule has 3 rings (SSSR count). The fourth-order valence-electron chi connectivity index (χ4n) is 3.10. The first-order chi connectivity index (χ1) is 14.0. The van der Waals surface area contributed by atoms with Crippen molar-refractivity contribution in [2.75, 3.05) is 6.61 Å². The van der Waals surface area contributed by atoms with Crippen LogP contribution in [0.15, 0.2) is 52.1 Å². The Hall–Kier alpha value is -3.35. The van der Waals surface area contributed by atoms with E-state index in [0.717, 1.165) is 24.2 Å². The third-order valence-electron chi connectivity index (χ3n) is 4.67. The van der Waals surface area contributed by atoms with Crippen molar-refractivity contribution in [3.8, 4) is 5.75 Å². The van der Waals surface area contributed by atoms with Gasteiger partial charge in [-0.2, -0.15) is 0 Å². The Kier molecular flexibility index (Phi) is 6.49. The number of nitrogens with one attached hydrogen (secondary N) is 2. The molecule has 0 bridgehead atoms. The molecule has 0 aliphatic carbocycles. The molecular weight excluding hydrogens is 370 g/mol. The molecule has 0 atom stereocenters. The maximum absolute atomic E-state index is 12.6. The summed E-state index contributed by atoms with van der Waals surface area (Å²) in [6, 6.07) is 12.5. The first-order valence-electron chi connectivity index (χ1n) is 9.80. The molecule has 0 spiro atoms. The summed E-state index contributed by atoms with van der Waals surface area (Å²) in [6.45, 7) is 5.30. The highest BCUT2D eigenvalue weighted by Gasteiger charge is 2.11. The number of aromatic amines is 1. The number of benzene rings is 2. The number of aryl methyl sites for hydroxylation is 1. The molecule has 152 valence electrons. The summed E-state index contributed by atoms with van der Waals surface area (Å²) in [5, 5.41) is 2.87. The summed E-state index contributed by atoms with van der Waals surface area (Å²) in [7, 11) is 0. The van der Waals surface area contributed by atoms with Gasteiger partial charge in [-0.15, -0.1) is 0 Å². The van der Waals surface area contributed by atoms with Crippen molar-refractivity contribution < 1.29 is 9.53 Å². The van der Waals surface area contributed by atoms with Crippen molar-refractivity contribution in [1.82, 2.24) is 14.9 Å². The van der Waals surface area contributed by atoms with E-state index >= 15 is 0 Å². The maximum Gasteiger partial charge on any atom is 0.316 e. The summed E-state index contributed by atoms with van der Waals surface area (Å²) in [5.41, 5.74) is 1.09. The Morgan fingerprint density at radius 1 is 1.14 bits per heavy atom. The van der Waals surface area contributed by atoms with Gasteiger partial charge in [-0.3, -0.25) is 14.4 Å². The van der Waals surface area contributed by atoms with Crippen molar-refractivity contribution >= 4 is 16.9 Å². The minimum absolute atomic E-state index is 0.265. The molecule has 7 heteroatoms. The molecule has 3 aromatic rings. The predicted molar refractivity (Wildman–Crippen MR) is 113 cm³/mol. The Morgan fingerprint density at radius 2 is 1.97 bits per heavy atom. The van der Waals surface area contributed by atoms with Gasteiger partial charge in [0.2, 0.25) is 0 Å². The molecule has 2 aromatic carbocycles. The molecule has 1 heterocycles. The first-order valence-corrected chi connectivity index (χ1v) is 9.80. The van der Waals surface area contributed by atoms with Gasteiger partial charge in [-0.1, -0.05) is 25.5 Å². The number of rotatable bonds is 8. The molecule has 29 heavy (non-hydrogen) atoms. The second-order valence-electron chi connectivity index (χ2n) is 6.77. The van der Waals surface area contributed by atoms with E-state index in [1.165, 1.54) is 4.57 Å². The molecule has 0 fully saturated rings. The van der Waals surface area contributed by atoms with E-state index in [1.54, 1.807) is 25.1 Å². The molecule has 0 aliphatic heterocycles. The minimum atomic E-state index is -0.697. The van der Waals surface area contributed by atoms with Crippen molar-refractivity contribution in [1.29, 1.82) is 0 Å². The Labute approximate surface area is 168 Å². The number of ether oxygens (including phenoxy) is 1. The first kappa shape index (κ1) is 20.4. The molecular formula is C22H25N3O4. The van der Waals surface area contributed by atoms with Crippen LogP contribution in [0.5, 0.6) is 5.75 Å². The lowest BCUT2D eigenvalue weighted by molar-refractivity contribution is 0.0951. The third-order valence-corrected chi connectivity index (χ3v) is 4.67. The number of fused-ring (bicyclic) bond motifs is 1. The number of hydrogen-bond acceptors (Lipinski definition) is 4. The topological polar surface area (TPSA) is 93.2 Å². The zero-order valence-electron chi connectivity index (χ0n) is 16.7. The zero-order chi connectivity index (χ0) is 20.8. The van der Waals surface area contributed by atoms with Crippen LogP contribution in [0.1, 0.15) is 42.6 Å². The van der Waals surface area contributed by atoms with E-state index < -0.39 is 11.1 Å². The maximum atomic E-state index is 12.6. The Balaban J connectivity index is 1.73. The number of amides is 1. The fraction of sp³-hybridized carbons (Fsp3) is 0.318. The number of hydrogen-bond donors (Lipinski definition) is 2. The molecule has 0 saturated heterocycles. The summed E-state index contributed by atoms with van der Waals surface area (Å²) in [6.07, 6.45) is 2.07. The van der Waals surface area contributed by atoms with Gasteiger partial charge in [-0.05, 0) is 49.2 Å². The van der Waals surface area contributed by atoms with Gasteiger partial charge in [0, 0.05) is 18.7 Å². The Bertz CT molecular complexity index is 1130. The van der Waals surface area contributed by atoms with Crippen molar-refractivity contribution in [3.63, 3.8) is 0 Å². The molecule has 0 aliphatic rings. The molecule has 0 saturated carbocycles. The third kappa shape index (κ3) is 4.74. The number of H-pyrrole nitrogens is 1. The second-order valence-corrected chi connectivity index (χ2v) is 6.77. The van der Waals surface area contributed by atoms with E-state index in [1.807, 2.05) is 24.3 Å². The Morgan fingerprint density at radius 3 is 2.72 bits per heavy atom. The zero-order valence-corrected chi connectivity index (χ0v) is 16.7. The van der Waals surface area contributed by atoms with Gasteiger partial charge in [0.25, 0.3) is 5.91 Å². The number of carbonyl (C=O) groups is 1. The number of carbonyl (C=O) groups excluding carboxylic acids is 1. The summed E-state index contributed by atoms with van der Waals surface area (Å²) >= 11 is 0. The SMILES string of the molecule is CCCCOc1cccc(CNC(=O)c2ccc3c(c2)[nH]c(=O)c(=O)n3CC)c1. The van der Waals surface area contributed by atoms with Crippen LogP contribution in [0.25, 0.3) is 11.0 Å². The minimum Gasteiger partial charge on any atom is -0.494 e. The van der Waals surface area contributed by atoms with Gasteiger partial charge < -0.3 is 19.6 Å². The molecule has 7 nitrogen and oxygen atoms in total. The van der Waals surface area contributed by atoms with E-state index in [0.29, 0.717) is 36.3 Å². The van der Waals surface area contributed by atoms with Gasteiger partial charge in [-0.25, -0.2) is 0 Å². The highest BCUT2D eigenvalue weighted by atomic mass is 16.5. The van der Waals surface area contributed by atoms with Crippen LogP contribution < -0.4 is 21.2 Å². The van der Waals surface area contributed by atoms with Gasteiger partial charge in [0.05, 0.1) is 17.6 Å².